The molecule has 3 aromatic rings. The lowest BCUT2D eigenvalue weighted by Crippen LogP contribution is -2.26. The van der Waals surface area contributed by atoms with E-state index >= 15 is 0 Å². The van der Waals surface area contributed by atoms with Crippen LogP contribution in [0.25, 0.3) is 5.57 Å². The Bertz CT molecular complexity index is 1340. The van der Waals surface area contributed by atoms with Crippen LogP contribution in [0.5, 0.6) is 0 Å². The summed E-state index contributed by atoms with van der Waals surface area (Å²) < 4.78 is 0. The number of benzene rings is 3. The SMILES string of the molecule is CC(C)c1ccc(NC(=O)C(Cc2ccc(C(=O)NCCC(=O)O)cc2)c2ccc(C3=CCCCC3)cc2)cc1. The van der Waals surface area contributed by atoms with E-state index in [1.165, 1.54) is 29.5 Å². The Balaban J connectivity index is 1.52. The van der Waals surface area contributed by atoms with Crippen molar-refractivity contribution in [3.05, 3.63) is 107 Å². The van der Waals surface area contributed by atoms with Gasteiger partial charge in [-0.15, -0.1) is 0 Å². The van der Waals surface area contributed by atoms with Gasteiger partial charge in [-0.1, -0.05) is 68.5 Å². The molecule has 0 aliphatic heterocycles. The van der Waals surface area contributed by atoms with Crippen LogP contribution in [-0.2, 0) is 16.0 Å². The minimum atomic E-state index is -0.959. The second-order valence-electron chi connectivity index (χ2n) is 10.7. The van der Waals surface area contributed by atoms with Gasteiger partial charge < -0.3 is 15.7 Å². The van der Waals surface area contributed by atoms with E-state index in [2.05, 4.69) is 54.8 Å². The molecule has 0 spiro atoms. The average Bonchev–Trinajstić information content (AvgIpc) is 2.97. The molecule has 1 aliphatic rings. The first-order valence-corrected chi connectivity index (χ1v) is 14.1. The number of carbonyl (C=O) groups excluding carboxylic acids is 2. The van der Waals surface area contributed by atoms with E-state index < -0.39 is 11.9 Å². The molecule has 4 rings (SSSR count). The van der Waals surface area contributed by atoms with Gasteiger partial charge >= 0.3 is 5.97 Å². The van der Waals surface area contributed by atoms with Crippen molar-refractivity contribution >= 4 is 29.0 Å². The van der Waals surface area contributed by atoms with Gasteiger partial charge in [-0.3, -0.25) is 14.4 Å². The molecule has 208 valence electrons. The number of amides is 2. The van der Waals surface area contributed by atoms with Gasteiger partial charge in [0.25, 0.3) is 5.91 Å². The molecular formula is C34H38N2O4. The maximum absolute atomic E-state index is 13.6. The molecule has 3 aromatic carbocycles. The van der Waals surface area contributed by atoms with E-state index in [0.717, 1.165) is 29.7 Å². The number of anilines is 1. The first-order chi connectivity index (χ1) is 19.3. The number of nitrogens with one attached hydrogen (secondary N) is 2. The van der Waals surface area contributed by atoms with Crippen LogP contribution in [0.2, 0.25) is 0 Å². The fourth-order valence-corrected chi connectivity index (χ4v) is 4.99. The fraction of sp³-hybridized carbons (Fsp3) is 0.324. The number of rotatable bonds is 11. The fourth-order valence-electron chi connectivity index (χ4n) is 4.99. The van der Waals surface area contributed by atoms with Crippen molar-refractivity contribution in [3.63, 3.8) is 0 Å². The average molecular weight is 539 g/mol. The highest BCUT2D eigenvalue weighted by atomic mass is 16.4. The Kier molecular flexibility index (Phi) is 9.90. The molecule has 0 fully saturated rings. The highest BCUT2D eigenvalue weighted by Crippen LogP contribution is 2.30. The lowest BCUT2D eigenvalue weighted by Gasteiger charge is -2.19. The van der Waals surface area contributed by atoms with E-state index in [-0.39, 0.29) is 24.8 Å². The third-order valence-corrected chi connectivity index (χ3v) is 7.42. The van der Waals surface area contributed by atoms with Gasteiger partial charge in [-0.05, 0) is 90.1 Å². The summed E-state index contributed by atoms with van der Waals surface area (Å²) in [6, 6.07) is 23.5. The number of hydrogen-bond donors (Lipinski definition) is 3. The van der Waals surface area contributed by atoms with E-state index in [0.29, 0.717) is 17.9 Å². The number of allylic oxidation sites excluding steroid dienone is 2. The molecule has 6 heteroatoms. The molecule has 0 saturated carbocycles. The minimum Gasteiger partial charge on any atom is -0.481 e. The Morgan fingerprint density at radius 2 is 1.52 bits per heavy atom. The highest BCUT2D eigenvalue weighted by Gasteiger charge is 2.22. The Morgan fingerprint density at radius 1 is 0.850 bits per heavy atom. The van der Waals surface area contributed by atoms with Crippen molar-refractivity contribution < 1.29 is 19.5 Å². The molecule has 1 unspecified atom stereocenters. The van der Waals surface area contributed by atoms with Crippen LogP contribution in [0.15, 0.2) is 78.9 Å². The molecule has 0 bridgehead atoms. The summed E-state index contributed by atoms with van der Waals surface area (Å²) in [4.78, 5) is 36.7. The summed E-state index contributed by atoms with van der Waals surface area (Å²) in [6.07, 6.45) is 7.32. The molecule has 40 heavy (non-hydrogen) atoms. The van der Waals surface area contributed by atoms with Gasteiger partial charge in [-0.2, -0.15) is 0 Å². The number of hydrogen-bond acceptors (Lipinski definition) is 3. The summed E-state index contributed by atoms with van der Waals surface area (Å²) in [5.41, 5.74) is 6.88. The van der Waals surface area contributed by atoms with Crippen molar-refractivity contribution in [1.82, 2.24) is 5.32 Å². The zero-order valence-electron chi connectivity index (χ0n) is 23.3. The topological polar surface area (TPSA) is 95.5 Å². The molecular weight excluding hydrogens is 500 g/mol. The van der Waals surface area contributed by atoms with E-state index in [1.807, 2.05) is 36.4 Å². The second-order valence-corrected chi connectivity index (χ2v) is 10.7. The number of carboxylic acid groups (broad SMARTS) is 1. The molecule has 2 amide bonds. The van der Waals surface area contributed by atoms with E-state index in [1.54, 1.807) is 12.1 Å². The first kappa shape index (κ1) is 28.8. The Morgan fingerprint density at radius 3 is 2.12 bits per heavy atom. The minimum absolute atomic E-state index is 0.0726. The van der Waals surface area contributed by atoms with Gasteiger partial charge in [0, 0.05) is 17.8 Å². The predicted molar refractivity (Wildman–Crippen MR) is 160 cm³/mol. The summed E-state index contributed by atoms with van der Waals surface area (Å²) >= 11 is 0. The molecule has 1 atom stereocenters. The van der Waals surface area contributed by atoms with Crippen LogP contribution in [0.3, 0.4) is 0 Å². The van der Waals surface area contributed by atoms with Gasteiger partial charge in [0.15, 0.2) is 0 Å². The van der Waals surface area contributed by atoms with Crippen LogP contribution >= 0.6 is 0 Å². The Labute approximate surface area is 236 Å². The summed E-state index contributed by atoms with van der Waals surface area (Å²) in [7, 11) is 0. The zero-order chi connectivity index (χ0) is 28.5. The van der Waals surface area contributed by atoms with Crippen LogP contribution in [0, 0.1) is 0 Å². The zero-order valence-corrected chi connectivity index (χ0v) is 23.3. The van der Waals surface area contributed by atoms with Crippen LogP contribution in [0.4, 0.5) is 5.69 Å². The van der Waals surface area contributed by atoms with Crippen LogP contribution in [-0.4, -0.2) is 29.4 Å². The predicted octanol–water partition coefficient (Wildman–Crippen LogP) is 6.94. The highest BCUT2D eigenvalue weighted by molar-refractivity contribution is 5.96. The van der Waals surface area contributed by atoms with Crippen molar-refractivity contribution in [3.8, 4) is 0 Å². The maximum atomic E-state index is 13.6. The van der Waals surface area contributed by atoms with Gasteiger partial charge in [-0.25, -0.2) is 0 Å². The van der Waals surface area contributed by atoms with Crippen LogP contribution in [0.1, 0.15) is 90.4 Å². The normalized spacial score (nSPS) is 13.8. The largest absolute Gasteiger partial charge is 0.481 e. The maximum Gasteiger partial charge on any atom is 0.305 e. The van der Waals surface area contributed by atoms with Crippen molar-refractivity contribution in [2.75, 3.05) is 11.9 Å². The van der Waals surface area contributed by atoms with Crippen LogP contribution < -0.4 is 10.6 Å². The Hall–Kier alpha value is -4.19. The third kappa shape index (κ3) is 7.92. The quantitative estimate of drug-likeness (QED) is 0.246. The molecule has 0 aromatic heterocycles. The molecule has 0 heterocycles. The van der Waals surface area contributed by atoms with Gasteiger partial charge in [0.05, 0.1) is 12.3 Å². The number of carboxylic acids is 1. The van der Waals surface area contributed by atoms with E-state index in [9.17, 15) is 14.4 Å². The summed E-state index contributed by atoms with van der Waals surface area (Å²) in [5, 5.41) is 14.5. The molecule has 3 N–H and O–H groups in total. The van der Waals surface area contributed by atoms with Gasteiger partial charge in [0.2, 0.25) is 5.91 Å². The van der Waals surface area contributed by atoms with E-state index in [4.69, 9.17) is 5.11 Å². The smallest absolute Gasteiger partial charge is 0.305 e. The van der Waals surface area contributed by atoms with Crippen molar-refractivity contribution in [1.29, 1.82) is 0 Å². The standard InChI is InChI=1S/C34H38N2O4/c1-23(2)25-16-18-30(19-17-25)36-34(40)31(28-14-12-27(13-15-28)26-6-4-3-5-7-26)22-24-8-10-29(11-9-24)33(39)35-21-20-32(37)38/h6,8-19,23,31H,3-5,7,20-22H2,1-2H3,(H,35,39)(H,36,40)(H,37,38). The molecule has 6 nitrogen and oxygen atoms in total. The van der Waals surface area contributed by atoms with Gasteiger partial charge in [0.1, 0.15) is 0 Å². The monoisotopic (exact) mass is 538 g/mol. The summed E-state index contributed by atoms with van der Waals surface area (Å²) in [5.74, 6) is -1.37. The third-order valence-electron chi connectivity index (χ3n) is 7.42. The van der Waals surface area contributed by atoms with Crippen molar-refractivity contribution in [2.24, 2.45) is 0 Å². The van der Waals surface area contributed by atoms with Crippen molar-refractivity contribution in [2.45, 2.75) is 64.2 Å². The number of carbonyl (C=O) groups is 3. The first-order valence-electron chi connectivity index (χ1n) is 14.1. The lowest BCUT2D eigenvalue weighted by molar-refractivity contribution is -0.136. The molecule has 0 radical (unpaired) electrons. The molecule has 0 saturated heterocycles. The number of aliphatic carboxylic acids is 1. The lowest BCUT2D eigenvalue weighted by atomic mass is 9.88. The second kappa shape index (κ2) is 13.7. The summed E-state index contributed by atoms with van der Waals surface area (Å²) in [6.45, 7) is 4.35. The molecule has 1 aliphatic carbocycles.